The van der Waals surface area contributed by atoms with Crippen molar-refractivity contribution in [2.75, 3.05) is 24.9 Å². The fourth-order valence-corrected chi connectivity index (χ4v) is 3.00. The quantitative estimate of drug-likeness (QED) is 0.562. The average Bonchev–Trinajstić information content (AvgIpc) is 2.17. The van der Waals surface area contributed by atoms with Gasteiger partial charge in [-0.1, -0.05) is 37.8 Å². The first-order valence-corrected chi connectivity index (χ1v) is 9.02. The van der Waals surface area contributed by atoms with E-state index in [9.17, 15) is 0 Å². The molecule has 0 aliphatic rings. The van der Waals surface area contributed by atoms with E-state index in [0.717, 1.165) is 6.17 Å². The lowest BCUT2D eigenvalue weighted by Crippen LogP contribution is -2.41. The van der Waals surface area contributed by atoms with Crippen LogP contribution in [0.2, 0.25) is 19.6 Å². The van der Waals surface area contributed by atoms with Gasteiger partial charge in [-0.05, 0) is 12.1 Å². The van der Waals surface area contributed by atoms with Gasteiger partial charge in [0.25, 0.3) is 0 Å². The molecule has 0 heterocycles. The van der Waals surface area contributed by atoms with Crippen molar-refractivity contribution in [3.8, 4) is 0 Å². The van der Waals surface area contributed by atoms with E-state index < -0.39 is 8.07 Å². The SMILES string of the molecule is COCN(C[Si](C)(C)C)c1ccccc1. The molecule has 0 saturated carbocycles. The van der Waals surface area contributed by atoms with Gasteiger partial charge in [0.05, 0.1) is 8.07 Å². The number of benzene rings is 1. The van der Waals surface area contributed by atoms with E-state index in [1.54, 1.807) is 7.11 Å². The van der Waals surface area contributed by atoms with Gasteiger partial charge in [-0.15, -0.1) is 0 Å². The molecule has 15 heavy (non-hydrogen) atoms. The van der Waals surface area contributed by atoms with Crippen LogP contribution in [0.5, 0.6) is 0 Å². The van der Waals surface area contributed by atoms with Gasteiger partial charge in [0.1, 0.15) is 6.73 Å². The minimum atomic E-state index is -1.09. The summed E-state index contributed by atoms with van der Waals surface area (Å²) < 4.78 is 5.25. The van der Waals surface area contributed by atoms with E-state index >= 15 is 0 Å². The topological polar surface area (TPSA) is 12.5 Å². The van der Waals surface area contributed by atoms with Gasteiger partial charge in [-0.2, -0.15) is 0 Å². The van der Waals surface area contributed by atoms with Crippen LogP contribution in [-0.2, 0) is 4.74 Å². The molecule has 0 aromatic heterocycles. The zero-order valence-corrected chi connectivity index (χ0v) is 11.2. The number of ether oxygens (including phenoxy) is 1. The largest absolute Gasteiger partial charge is 0.364 e. The van der Waals surface area contributed by atoms with Crippen molar-refractivity contribution in [2.45, 2.75) is 19.6 Å². The molecule has 0 bridgehead atoms. The van der Waals surface area contributed by atoms with Crippen LogP contribution in [-0.4, -0.2) is 28.1 Å². The molecule has 1 aromatic rings. The van der Waals surface area contributed by atoms with Crippen molar-refractivity contribution in [1.29, 1.82) is 0 Å². The zero-order valence-electron chi connectivity index (χ0n) is 10.2. The first-order chi connectivity index (χ1) is 7.03. The minimum absolute atomic E-state index is 0.675. The predicted molar refractivity (Wildman–Crippen MR) is 69.0 cm³/mol. The van der Waals surface area contributed by atoms with E-state index in [1.165, 1.54) is 5.69 Å². The molecule has 0 radical (unpaired) electrons. The first-order valence-electron chi connectivity index (χ1n) is 5.32. The highest BCUT2D eigenvalue weighted by Gasteiger charge is 2.18. The summed E-state index contributed by atoms with van der Waals surface area (Å²) in [4.78, 5) is 2.31. The molecular weight excluding hydrogens is 202 g/mol. The van der Waals surface area contributed by atoms with E-state index in [-0.39, 0.29) is 0 Å². The molecule has 0 aliphatic carbocycles. The molecule has 0 spiro atoms. The van der Waals surface area contributed by atoms with Crippen LogP contribution in [0.1, 0.15) is 0 Å². The maximum absolute atomic E-state index is 5.25. The Kier molecular flexibility index (Phi) is 4.36. The predicted octanol–water partition coefficient (Wildman–Crippen LogP) is 2.97. The van der Waals surface area contributed by atoms with Crippen LogP contribution in [0, 0.1) is 0 Å². The van der Waals surface area contributed by atoms with Crippen LogP contribution in [0.15, 0.2) is 30.3 Å². The Morgan fingerprint density at radius 3 is 2.20 bits per heavy atom. The van der Waals surface area contributed by atoms with Crippen LogP contribution in [0.3, 0.4) is 0 Å². The maximum Gasteiger partial charge on any atom is 0.118 e. The average molecular weight is 223 g/mol. The molecular formula is C12H21NOSi. The Balaban J connectivity index is 2.75. The number of para-hydroxylation sites is 1. The van der Waals surface area contributed by atoms with Gasteiger partial charge in [-0.3, -0.25) is 0 Å². The standard InChI is InChI=1S/C12H21NOSi/c1-14-10-13(11-15(2,3)4)12-8-6-5-7-9-12/h5-9H,10-11H2,1-4H3. The number of nitrogens with zero attached hydrogens (tertiary/aromatic N) is 1. The summed E-state index contributed by atoms with van der Waals surface area (Å²) >= 11 is 0. The van der Waals surface area contributed by atoms with Gasteiger partial charge in [-0.25, -0.2) is 0 Å². The lowest BCUT2D eigenvalue weighted by atomic mass is 10.3. The number of hydrogen-bond acceptors (Lipinski definition) is 2. The third-order valence-electron chi connectivity index (χ3n) is 2.07. The summed E-state index contributed by atoms with van der Waals surface area (Å²) in [6.07, 6.45) is 1.13. The number of methoxy groups -OCH3 is 1. The molecule has 0 saturated heterocycles. The highest BCUT2D eigenvalue weighted by atomic mass is 28.3. The smallest absolute Gasteiger partial charge is 0.118 e. The Hall–Kier alpha value is -0.803. The van der Waals surface area contributed by atoms with E-state index in [0.29, 0.717) is 6.73 Å². The summed E-state index contributed by atoms with van der Waals surface area (Å²) in [5.41, 5.74) is 1.25. The molecule has 3 heteroatoms. The molecule has 1 rings (SSSR count). The Morgan fingerprint density at radius 2 is 1.73 bits per heavy atom. The van der Waals surface area contributed by atoms with Crippen molar-refractivity contribution < 1.29 is 4.74 Å². The summed E-state index contributed by atoms with van der Waals surface area (Å²) in [6, 6.07) is 10.5. The molecule has 0 amide bonds. The molecule has 0 fully saturated rings. The number of rotatable bonds is 5. The van der Waals surface area contributed by atoms with Crippen molar-refractivity contribution in [3.05, 3.63) is 30.3 Å². The third-order valence-corrected chi connectivity index (χ3v) is 3.40. The highest BCUT2D eigenvalue weighted by Crippen LogP contribution is 2.15. The second-order valence-corrected chi connectivity index (χ2v) is 10.4. The second kappa shape index (κ2) is 5.33. The Bertz CT molecular complexity index is 281. The van der Waals surface area contributed by atoms with Gasteiger partial charge >= 0.3 is 0 Å². The fourth-order valence-electron chi connectivity index (χ4n) is 1.58. The number of hydrogen-bond donors (Lipinski definition) is 0. The summed E-state index contributed by atoms with van der Waals surface area (Å²) in [7, 11) is 0.656. The number of anilines is 1. The van der Waals surface area contributed by atoms with E-state index in [4.69, 9.17) is 4.74 Å². The van der Waals surface area contributed by atoms with Crippen LogP contribution >= 0.6 is 0 Å². The van der Waals surface area contributed by atoms with E-state index in [1.807, 2.05) is 6.07 Å². The van der Waals surface area contributed by atoms with Gasteiger partial charge in [0.2, 0.25) is 0 Å². The molecule has 0 atom stereocenters. The van der Waals surface area contributed by atoms with Crippen molar-refractivity contribution in [2.24, 2.45) is 0 Å². The monoisotopic (exact) mass is 223 g/mol. The van der Waals surface area contributed by atoms with Crippen LogP contribution < -0.4 is 4.90 Å². The van der Waals surface area contributed by atoms with Gasteiger partial charge < -0.3 is 9.64 Å². The summed E-state index contributed by atoms with van der Waals surface area (Å²) in [6.45, 7) is 7.80. The molecule has 84 valence electrons. The second-order valence-electron chi connectivity index (χ2n) is 5.01. The van der Waals surface area contributed by atoms with Crippen LogP contribution in [0.25, 0.3) is 0 Å². The normalized spacial score (nSPS) is 11.5. The molecule has 0 unspecified atom stereocenters. The van der Waals surface area contributed by atoms with Gasteiger partial charge in [0, 0.05) is 19.0 Å². The Labute approximate surface area is 93.9 Å². The summed E-state index contributed by atoms with van der Waals surface area (Å²) in [5, 5.41) is 0. The fraction of sp³-hybridized carbons (Fsp3) is 0.500. The molecule has 1 aromatic carbocycles. The lowest BCUT2D eigenvalue weighted by Gasteiger charge is -2.30. The minimum Gasteiger partial charge on any atom is -0.364 e. The van der Waals surface area contributed by atoms with Crippen molar-refractivity contribution >= 4 is 13.8 Å². The van der Waals surface area contributed by atoms with E-state index in [2.05, 4.69) is 48.8 Å². The van der Waals surface area contributed by atoms with Crippen LogP contribution in [0.4, 0.5) is 5.69 Å². The van der Waals surface area contributed by atoms with Crippen molar-refractivity contribution in [1.82, 2.24) is 0 Å². The first kappa shape index (κ1) is 12.3. The van der Waals surface area contributed by atoms with Crippen molar-refractivity contribution in [3.63, 3.8) is 0 Å². The third kappa shape index (κ3) is 4.49. The summed E-state index contributed by atoms with van der Waals surface area (Å²) in [5.74, 6) is 0. The molecule has 2 nitrogen and oxygen atoms in total. The molecule has 0 N–H and O–H groups in total. The molecule has 0 aliphatic heterocycles. The lowest BCUT2D eigenvalue weighted by molar-refractivity contribution is 0.200. The maximum atomic E-state index is 5.25. The highest BCUT2D eigenvalue weighted by molar-refractivity contribution is 6.76. The Morgan fingerprint density at radius 1 is 1.13 bits per heavy atom. The van der Waals surface area contributed by atoms with Gasteiger partial charge in [0.15, 0.2) is 0 Å². The zero-order chi connectivity index (χ0) is 11.3.